The molecule has 176 valence electrons. The Morgan fingerprint density at radius 1 is 1.18 bits per heavy atom. The van der Waals surface area contributed by atoms with Crippen LogP contribution in [0.25, 0.3) is 16.6 Å². The molecule has 0 saturated heterocycles. The first-order valence-electron chi connectivity index (χ1n) is 9.92. The number of halogens is 1. The van der Waals surface area contributed by atoms with Crippen LogP contribution >= 0.6 is 11.3 Å². The van der Waals surface area contributed by atoms with E-state index in [2.05, 4.69) is 14.7 Å². The third-order valence-corrected chi connectivity index (χ3v) is 7.76. The van der Waals surface area contributed by atoms with Crippen LogP contribution in [-0.4, -0.2) is 30.9 Å². The van der Waals surface area contributed by atoms with Crippen molar-refractivity contribution in [3.8, 4) is 5.69 Å². The lowest BCUT2D eigenvalue weighted by molar-refractivity contribution is -0.217. The number of sulfonamides is 1. The van der Waals surface area contributed by atoms with Crippen LogP contribution in [-0.2, 0) is 16.4 Å². The Kier molecular flexibility index (Phi) is 6.11. The Morgan fingerprint density at radius 2 is 1.88 bits per heavy atom. The molecule has 0 unspecified atom stereocenters. The fourth-order valence-corrected chi connectivity index (χ4v) is 5.54. The zero-order valence-corrected chi connectivity index (χ0v) is 19.6. The summed E-state index contributed by atoms with van der Waals surface area (Å²) in [6.07, 6.45) is -0.287. The lowest BCUT2D eigenvalue weighted by Crippen LogP contribution is -2.33. The fourth-order valence-electron chi connectivity index (χ4n) is 3.36. The van der Waals surface area contributed by atoms with Crippen molar-refractivity contribution >= 4 is 43.8 Å². The van der Waals surface area contributed by atoms with Gasteiger partial charge in [0.2, 0.25) is 0 Å². The van der Waals surface area contributed by atoms with Gasteiger partial charge in [0.25, 0.3) is 15.6 Å². The third kappa shape index (κ3) is 4.50. The van der Waals surface area contributed by atoms with E-state index in [4.69, 9.17) is 0 Å². The number of nitrogens with one attached hydrogen (secondary N) is 2. The number of aromatic amines is 1. The second-order valence-corrected chi connectivity index (χ2v) is 10.5. The lowest BCUT2D eigenvalue weighted by atomic mass is 10.1. The number of fused-ring (bicyclic) bond motifs is 1. The Morgan fingerprint density at radius 3 is 2.50 bits per heavy atom. The summed E-state index contributed by atoms with van der Waals surface area (Å²) in [5.41, 5.74) is -0.483. The molecule has 0 aliphatic carbocycles. The average molecular weight is 502 g/mol. The van der Waals surface area contributed by atoms with E-state index in [1.165, 1.54) is 43.4 Å². The Hall–Kier alpha value is -3.77. The predicted octanol–water partition coefficient (Wildman–Crippen LogP) is 1.92. The molecule has 12 heteroatoms. The molecule has 0 fully saturated rings. The molecule has 0 aliphatic rings. The number of thiophene rings is 1. The first-order chi connectivity index (χ1) is 16.1. The predicted molar refractivity (Wildman–Crippen MR) is 127 cm³/mol. The van der Waals surface area contributed by atoms with Crippen molar-refractivity contribution < 1.29 is 17.9 Å². The number of anilines is 1. The molecular formula is C22H18FN4O5S2-. The second kappa shape index (κ2) is 8.88. The van der Waals surface area contributed by atoms with Crippen molar-refractivity contribution in [3.63, 3.8) is 0 Å². The summed E-state index contributed by atoms with van der Waals surface area (Å²) in [5, 5.41) is 14.8. The molecule has 0 atom stereocenters. The zero-order valence-electron chi connectivity index (χ0n) is 18.0. The maximum absolute atomic E-state index is 14.2. The van der Waals surface area contributed by atoms with Crippen molar-refractivity contribution in [3.05, 3.63) is 85.6 Å². The highest BCUT2D eigenvalue weighted by Crippen LogP contribution is 2.23. The number of hydrogen-bond acceptors (Lipinski definition) is 7. The van der Waals surface area contributed by atoms with Crippen LogP contribution in [0, 0.1) is 12.7 Å². The molecule has 2 aromatic carbocycles. The maximum atomic E-state index is 14.2. The van der Waals surface area contributed by atoms with Gasteiger partial charge in [0.1, 0.15) is 10.0 Å². The summed E-state index contributed by atoms with van der Waals surface area (Å²) in [7, 11) is -2.57. The van der Waals surface area contributed by atoms with Gasteiger partial charge in [-0.15, -0.1) is 11.3 Å². The van der Waals surface area contributed by atoms with E-state index in [1.807, 2.05) is 0 Å². The van der Waals surface area contributed by atoms with Crippen LogP contribution in [0.1, 0.15) is 10.4 Å². The second-order valence-electron chi connectivity index (χ2n) is 7.37. The highest BCUT2D eigenvalue weighted by atomic mass is 32.2. The molecule has 0 aliphatic heterocycles. The van der Waals surface area contributed by atoms with Crippen molar-refractivity contribution in [2.75, 3.05) is 12.4 Å². The molecule has 0 saturated carbocycles. The number of aryl methyl sites for hydroxylation is 1. The van der Waals surface area contributed by atoms with Crippen molar-refractivity contribution in [1.82, 2.24) is 9.55 Å². The van der Waals surface area contributed by atoms with Crippen LogP contribution in [0.15, 0.2) is 66.7 Å². The van der Waals surface area contributed by atoms with Crippen LogP contribution in [0.2, 0.25) is 0 Å². The minimum absolute atomic E-state index is 0.0109. The highest BCUT2D eigenvalue weighted by Gasteiger charge is 2.15. The minimum atomic E-state index is -4.08. The fraction of sp³-hybridized carbons (Fsp3) is 0.136. The lowest BCUT2D eigenvalue weighted by Gasteiger charge is -2.12. The van der Waals surface area contributed by atoms with Gasteiger partial charge in [-0.2, -0.15) is 12.8 Å². The Labute approximate surface area is 196 Å². The molecular weight excluding hydrogens is 483 g/mol. The SMILES string of the molecule is CNc1cc2[nH]c(=O)n(-c3ccc(CC([O-])=NS(=O)(=O)c4ccc(C)s4)cc3)c(=O)c2cc1F. The van der Waals surface area contributed by atoms with Crippen LogP contribution in [0.3, 0.4) is 0 Å². The van der Waals surface area contributed by atoms with Gasteiger partial charge in [-0.3, -0.25) is 4.79 Å². The summed E-state index contributed by atoms with van der Waals surface area (Å²) in [6, 6.07) is 11.2. The Bertz CT molecular complexity index is 1650. The number of aromatic nitrogens is 2. The zero-order chi connectivity index (χ0) is 24.6. The van der Waals surface area contributed by atoms with Crippen LogP contribution in [0.5, 0.6) is 0 Å². The van der Waals surface area contributed by atoms with Crippen molar-refractivity contribution in [2.45, 2.75) is 17.6 Å². The topological polar surface area (TPSA) is 136 Å². The van der Waals surface area contributed by atoms with Gasteiger partial charge in [-0.05, 0) is 54.8 Å². The van der Waals surface area contributed by atoms with Gasteiger partial charge >= 0.3 is 5.69 Å². The Balaban J connectivity index is 1.64. The van der Waals surface area contributed by atoms with Crippen molar-refractivity contribution in [1.29, 1.82) is 0 Å². The maximum Gasteiger partial charge on any atom is 0.333 e. The normalized spacial score (nSPS) is 12.3. The number of rotatable bonds is 6. The first-order valence-corrected chi connectivity index (χ1v) is 12.2. The monoisotopic (exact) mass is 501 g/mol. The van der Waals surface area contributed by atoms with Gasteiger partial charge in [-0.25, -0.2) is 13.8 Å². The smallest absolute Gasteiger partial charge is 0.333 e. The van der Waals surface area contributed by atoms with Gasteiger partial charge < -0.3 is 15.4 Å². The summed E-state index contributed by atoms with van der Waals surface area (Å²) in [5.74, 6) is -1.49. The molecule has 4 aromatic rings. The third-order valence-electron chi connectivity index (χ3n) is 5.00. The molecule has 0 radical (unpaired) electrons. The molecule has 2 aromatic heterocycles. The summed E-state index contributed by atoms with van der Waals surface area (Å²) >= 11 is 1.02. The molecule has 0 bridgehead atoms. The van der Waals surface area contributed by atoms with E-state index in [0.717, 1.165) is 26.8 Å². The van der Waals surface area contributed by atoms with E-state index < -0.39 is 33.0 Å². The minimum Gasteiger partial charge on any atom is -0.861 e. The average Bonchev–Trinajstić information content (AvgIpc) is 3.22. The standard InChI is InChI=1S/C22H19FN4O5S2/c1-12-3-8-20(33-12)34(31,32)26-19(28)9-13-4-6-14(7-5-13)27-21(29)15-10-16(23)18(24-2)11-17(15)25-22(27)30/h3-8,10-11,24H,9H2,1-2H3,(H,25,30)(H,26,28)/p-1. The van der Waals surface area contributed by atoms with Gasteiger partial charge in [0.05, 0.1) is 22.3 Å². The molecule has 4 rings (SSSR count). The number of hydrogen-bond donors (Lipinski definition) is 2. The van der Waals surface area contributed by atoms with Crippen LogP contribution in [0.4, 0.5) is 10.1 Å². The first kappa shape index (κ1) is 23.4. The van der Waals surface area contributed by atoms with Gasteiger partial charge in [0, 0.05) is 18.3 Å². The van der Waals surface area contributed by atoms with E-state index in [1.54, 1.807) is 13.0 Å². The van der Waals surface area contributed by atoms with E-state index >= 15 is 0 Å². The molecule has 2 heterocycles. The summed E-state index contributed by atoms with van der Waals surface area (Å²) in [6.45, 7) is 1.75. The van der Waals surface area contributed by atoms with Crippen molar-refractivity contribution in [2.24, 2.45) is 4.40 Å². The van der Waals surface area contributed by atoms with E-state index in [0.29, 0.717) is 5.56 Å². The van der Waals surface area contributed by atoms with Gasteiger partial charge in [0.15, 0.2) is 0 Å². The number of H-pyrrole nitrogens is 1. The number of benzene rings is 2. The number of nitrogens with zero attached hydrogens (tertiary/aromatic N) is 2. The quantitative estimate of drug-likeness (QED) is 0.306. The molecule has 0 amide bonds. The molecule has 2 N–H and O–H groups in total. The largest absolute Gasteiger partial charge is 0.861 e. The molecule has 34 heavy (non-hydrogen) atoms. The summed E-state index contributed by atoms with van der Waals surface area (Å²) < 4.78 is 42.8. The van der Waals surface area contributed by atoms with E-state index in [-0.39, 0.29) is 32.9 Å². The summed E-state index contributed by atoms with van der Waals surface area (Å²) in [4.78, 5) is 28.8. The van der Waals surface area contributed by atoms with E-state index in [9.17, 15) is 27.5 Å². The molecule has 0 spiro atoms. The highest BCUT2D eigenvalue weighted by molar-refractivity contribution is 7.92. The van der Waals surface area contributed by atoms with Crippen LogP contribution < -0.4 is 21.7 Å². The molecule has 9 nitrogen and oxygen atoms in total. The van der Waals surface area contributed by atoms with Gasteiger partial charge in [-0.1, -0.05) is 12.1 Å².